The molecule has 0 spiro atoms. The van der Waals surface area contributed by atoms with Crippen molar-refractivity contribution in [1.82, 2.24) is 10.3 Å². The summed E-state index contributed by atoms with van der Waals surface area (Å²) < 4.78 is 5.13. The number of nitrogens with zero attached hydrogens (tertiary/aromatic N) is 1. The zero-order valence-electron chi connectivity index (χ0n) is 8.99. The Bertz CT molecular complexity index is 238. The molecule has 3 nitrogen and oxygen atoms in total. The Morgan fingerprint density at radius 3 is 2.93 bits per heavy atom. The molecular weight excluding hydrogens is 196 g/mol. The molecule has 14 heavy (non-hydrogen) atoms. The van der Waals surface area contributed by atoms with Gasteiger partial charge in [-0.25, -0.2) is 4.98 Å². The predicted molar refractivity (Wildman–Crippen MR) is 59.6 cm³/mol. The van der Waals surface area contributed by atoms with Gasteiger partial charge in [0, 0.05) is 24.6 Å². The summed E-state index contributed by atoms with van der Waals surface area (Å²) in [5.74, 6) is 0. The van der Waals surface area contributed by atoms with Gasteiger partial charge in [-0.15, -0.1) is 11.3 Å². The van der Waals surface area contributed by atoms with Crippen LogP contribution in [0.5, 0.6) is 0 Å². The molecule has 0 fully saturated rings. The second-order valence-electron chi connectivity index (χ2n) is 3.36. The zero-order valence-corrected chi connectivity index (χ0v) is 9.80. The van der Waals surface area contributed by atoms with Gasteiger partial charge in [-0.1, -0.05) is 6.92 Å². The molecule has 0 bridgehead atoms. The second-order valence-corrected chi connectivity index (χ2v) is 4.08. The van der Waals surface area contributed by atoms with Gasteiger partial charge < -0.3 is 10.1 Å². The van der Waals surface area contributed by atoms with Crippen LogP contribution < -0.4 is 5.32 Å². The van der Waals surface area contributed by atoms with Crippen LogP contribution in [-0.2, 0) is 4.74 Å². The van der Waals surface area contributed by atoms with Crippen molar-refractivity contribution < 1.29 is 4.74 Å². The van der Waals surface area contributed by atoms with Crippen LogP contribution in [0.25, 0.3) is 0 Å². The van der Waals surface area contributed by atoms with Gasteiger partial charge >= 0.3 is 0 Å². The van der Waals surface area contributed by atoms with Crippen LogP contribution in [0.1, 0.15) is 32.0 Å². The molecule has 4 heteroatoms. The Morgan fingerprint density at radius 1 is 1.64 bits per heavy atom. The fraction of sp³-hybridized carbons (Fsp3) is 0.700. The molecule has 0 radical (unpaired) electrons. The first-order valence-electron chi connectivity index (χ1n) is 4.91. The fourth-order valence-electron chi connectivity index (χ4n) is 1.36. The maximum atomic E-state index is 5.13. The lowest BCUT2D eigenvalue weighted by atomic mass is 10.2. The highest BCUT2D eigenvalue weighted by molar-refractivity contribution is 7.07. The molecule has 0 saturated heterocycles. The molecule has 2 atom stereocenters. The van der Waals surface area contributed by atoms with E-state index in [-0.39, 0.29) is 0 Å². The monoisotopic (exact) mass is 214 g/mol. The Labute approximate surface area is 89.5 Å². The van der Waals surface area contributed by atoms with Crippen molar-refractivity contribution in [2.75, 3.05) is 13.7 Å². The number of methoxy groups -OCH3 is 1. The molecule has 2 unspecified atom stereocenters. The summed E-state index contributed by atoms with van der Waals surface area (Å²) in [5, 5.41) is 5.57. The quantitative estimate of drug-likeness (QED) is 0.788. The van der Waals surface area contributed by atoms with E-state index in [4.69, 9.17) is 4.74 Å². The van der Waals surface area contributed by atoms with E-state index in [1.54, 1.807) is 18.4 Å². The summed E-state index contributed by atoms with van der Waals surface area (Å²) >= 11 is 1.63. The van der Waals surface area contributed by atoms with E-state index < -0.39 is 0 Å². The van der Waals surface area contributed by atoms with Crippen LogP contribution in [0.4, 0.5) is 0 Å². The van der Waals surface area contributed by atoms with E-state index in [2.05, 4.69) is 29.5 Å². The average molecular weight is 214 g/mol. The van der Waals surface area contributed by atoms with Crippen molar-refractivity contribution in [3.8, 4) is 0 Å². The van der Waals surface area contributed by atoms with E-state index in [1.807, 2.05) is 5.51 Å². The third-order valence-electron chi connectivity index (χ3n) is 2.24. The Morgan fingerprint density at radius 2 is 2.43 bits per heavy atom. The average Bonchev–Trinajstić information content (AvgIpc) is 2.69. The van der Waals surface area contributed by atoms with Crippen LogP contribution in [-0.4, -0.2) is 24.7 Å². The van der Waals surface area contributed by atoms with Gasteiger partial charge in [0.15, 0.2) is 0 Å². The van der Waals surface area contributed by atoms with Gasteiger partial charge in [-0.05, 0) is 13.3 Å². The topological polar surface area (TPSA) is 34.1 Å². The maximum absolute atomic E-state index is 5.13. The number of aromatic nitrogens is 1. The van der Waals surface area contributed by atoms with Crippen molar-refractivity contribution >= 4 is 11.3 Å². The smallest absolute Gasteiger partial charge is 0.0795 e. The van der Waals surface area contributed by atoms with Gasteiger partial charge in [0.1, 0.15) is 0 Å². The lowest BCUT2D eigenvalue weighted by Crippen LogP contribution is -2.34. The molecule has 0 aromatic carbocycles. The Balaban J connectivity index is 2.42. The standard InChI is InChI=1S/C10H18N2OS/c1-4-9(5-13-3)12-8(2)10-6-14-7-11-10/h6-9,12H,4-5H2,1-3H3. The molecule has 80 valence electrons. The van der Waals surface area contributed by atoms with E-state index in [0.717, 1.165) is 18.7 Å². The van der Waals surface area contributed by atoms with Gasteiger partial charge in [-0.3, -0.25) is 0 Å². The number of rotatable bonds is 6. The number of hydrogen-bond donors (Lipinski definition) is 1. The first kappa shape index (κ1) is 11.6. The van der Waals surface area contributed by atoms with Crippen LogP contribution in [0.15, 0.2) is 10.9 Å². The van der Waals surface area contributed by atoms with Crippen LogP contribution in [0.2, 0.25) is 0 Å². The van der Waals surface area contributed by atoms with Gasteiger partial charge in [-0.2, -0.15) is 0 Å². The molecule has 0 amide bonds. The molecule has 0 saturated carbocycles. The Kier molecular flexibility index (Phi) is 5.07. The Hall–Kier alpha value is -0.450. The third-order valence-corrected chi connectivity index (χ3v) is 2.85. The minimum Gasteiger partial charge on any atom is -0.383 e. The van der Waals surface area contributed by atoms with Crippen molar-refractivity contribution in [3.05, 3.63) is 16.6 Å². The molecule has 1 aromatic rings. The molecule has 0 aliphatic heterocycles. The fourth-order valence-corrected chi connectivity index (χ4v) is 2.01. The van der Waals surface area contributed by atoms with Gasteiger partial charge in [0.05, 0.1) is 17.8 Å². The van der Waals surface area contributed by atoms with Gasteiger partial charge in [0.25, 0.3) is 0 Å². The SMILES string of the molecule is CCC(COC)NC(C)c1cscn1. The number of ether oxygens (including phenoxy) is 1. The highest BCUT2D eigenvalue weighted by atomic mass is 32.1. The number of nitrogens with one attached hydrogen (secondary N) is 1. The van der Waals surface area contributed by atoms with E-state index in [0.29, 0.717) is 12.1 Å². The summed E-state index contributed by atoms with van der Waals surface area (Å²) in [7, 11) is 1.73. The summed E-state index contributed by atoms with van der Waals surface area (Å²) in [4.78, 5) is 4.28. The molecular formula is C10H18N2OS. The molecule has 1 heterocycles. The number of thiazole rings is 1. The van der Waals surface area contributed by atoms with Crippen LogP contribution in [0, 0.1) is 0 Å². The van der Waals surface area contributed by atoms with Crippen molar-refractivity contribution in [3.63, 3.8) is 0 Å². The van der Waals surface area contributed by atoms with Crippen LogP contribution >= 0.6 is 11.3 Å². The maximum Gasteiger partial charge on any atom is 0.0795 e. The highest BCUT2D eigenvalue weighted by Crippen LogP contribution is 2.13. The minimum absolute atomic E-state index is 0.307. The van der Waals surface area contributed by atoms with Crippen LogP contribution in [0.3, 0.4) is 0 Å². The number of hydrogen-bond acceptors (Lipinski definition) is 4. The van der Waals surface area contributed by atoms with Crippen molar-refractivity contribution in [2.45, 2.75) is 32.4 Å². The van der Waals surface area contributed by atoms with Crippen molar-refractivity contribution in [2.24, 2.45) is 0 Å². The van der Waals surface area contributed by atoms with E-state index in [9.17, 15) is 0 Å². The molecule has 0 aliphatic rings. The van der Waals surface area contributed by atoms with Gasteiger partial charge in [0.2, 0.25) is 0 Å². The summed E-state index contributed by atoms with van der Waals surface area (Å²) in [6, 6.07) is 0.720. The lowest BCUT2D eigenvalue weighted by Gasteiger charge is -2.20. The summed E-state index contributed by atoms with van der Waals surface area (Å²) in [5.41, 5.74) is 2.98. The van der Waals surface area contributed by atoms with E-state index in [1.165, 1.54) is 0 Å². The molecule has 1 aromatic heterocycles. The summed E-state index contributed by atoms with van der Waals surface area (Å²) in [6.07, 6.45) is 1.07. The normalized spacial score (nSPS) is 15.4. The predicted octanol–water partition coefficient (Wildman–Crippen LogP) is 2.22. The third kappa shape index (κ3) is 3.36. The highest BCUT2D eigenvalue weighted by Gasteiger charge is 2.12. The van der Waals surface area contributed by atoms with E-state index >= 15 is 0 Å². The summed E-state index contributed by atoms with van der Waals surface area (Å²) in [6.45, 7) is 5.04. The first-order valence-corrected chi connectivity index (χ1v) is 5.85. The first-order chi connectivity index (χ1) is 6.77. The second kappa shape index (κ2) is 6.11. The lowest BCUT2D eigenvalue weighted by molar-refractivity contribution is 0.159. The van der Waals surface area contributed by atoms with Crippen molar-refractivity contribution in [1.29, 1.82) is 0 Å². The minimum atomic E-state index is 0.307. The molecule has 1 rings (SSSR count). The largest absolute Gasteiger partial charge is 0.383 e. The zero-order chi connectivity index (χ0) is 10.4. The molecule has 1 N–H and O–H groups in total. The molecule has 0 aliphatic carbocycles.